The molecule has 2 heteroatoms. The lowest BCUT2D eigenvalue weighted by molar-refractivity contribution is 0.504. The molecule has 0 aliphatic carbocycles. The summed E-state index contributed by atoms with van der Waals surface area (Å²) in [7, 11) is 3.63. The van der Waals surface area contributed by atoms with Crippen LogP contribution in [-0.2, 0) is 0 Å². The van der Waals surface area contributed by atoms with E-state index in [1.807, 2.05) is 14.0 Å². The first-order chi connectivity index (χ1) is 12.0. The Morgan fingerprint density at radius 3 is 1.85 bits per heavy atom. The van der Waals surface area contributed by atoms with Crippen LogP contribution in [0.5, 0.6) is 0 Å². The van der Waals surface area contributed by atoms with Gasteiger partial charge in [-0.15, -0.1) is 0 Å². The molecule has 0 aromatic heterocycles. The summed E-state index contributed by atoms with van der Waals surface area (Å²) in [5.74, 6) is 0. The fraction of sp³-hybridized carbons (Fsp3) is 0.500. The third-order valence-electron chi connectivity index (χ3n) is 4.72. The highest BCUT2D eigenvalue weighted by molar-refractivity contribution is 6.55. The molecule has 26 heavy (non-hydrogen) atoms. The molecule has 0 aliphatic rings. The predicted molar refractivity (Wildman–Crippen MR) is 121 cm³/mol. The van der Waals surface area contributed by atoms with Crippen LogP contribution in [0.25, 0.3) is 0 Å². The van der Waals surface area contributed by atoms with Crippen molar-refractivity contribution in [3.05, 3.63) is 58.7 Å². The fourth-order valence-electron chi connectivity index (χ4n) is 2.34. The summed E-state index contributed by atoms with van der Waals surface area (Å²) in [4.78, 5) is 9.09. The van der Waals surface area contributed by atoms with Crippen LogP contribution in [0.15, 0.2) is 68.7 Å². The zero-order chi connectivity index (χ0) is 20.5. The summed E-state index contributed by atoms with van der Waals surface area (Å²) in [6.07, 6.45) is 9.61. The van der Waals surface area contributed by atoms with Gasteiger partial charge < -0.3 is 0 Å². The highest BCUT2D eigenvalue weighted by atomic mass is 14.8. The minimum atomic E-state index is 0.167. The highest BCUT2D eigenvalue weighted by Gasteiger charge is 2.18. The van der Waals surface area contributed by atoms with Crippen molar-refractivity contribution in [2.45, 2.75) is 61.8 Å². The molecule has 0 atom stereocenters. The summed E-state index contributed by atoms with van der Waals surface area (Å²) in [5, 5.41) is 0. The van der Waals surface area contributed by atoms with E-state index in [1.54, 1.807) is 7.05 Å². The second kappa shape index (κ2) is 10.9. The molecule has 0 spiro atoms. The maximum Gasteiger partial charge on any atom is 0.0900 e. The first kappa shape index (κ1) is 24.0. The van der Waals surface area contributed by atoms with Gasteiger partial charge in [-0.25, -0.2) is 0 Å². The zero-order valence-electron chi connectivity index (χ0n) is 18.6. The van der Waals surface area contributed by atoms with E-state index in [4.69, 9.17) is 0 Å². The number of aliphatic imine (C=N–C) groups is 2. The molecule has 0 radical (unpaired) electrons. The lowest BCUT2D eigenvalue weighted by Crippen LogP contribution is -2.20. The van der Waals surface area contributed by atoms with Gasteiger partial charge in [0.2, 0.25) is 0 Å². The Bertz CT molecular complexity index is 684. The molecule has 0 saturated carbocycles. The van der Waals surface area contributed by atoms with E-state index in [9.17, 15) is 0 Å². The van der Waals surface area contributed by atoms with E-state index in [0.29, 0.717) is 0 Å². The molecule has 0 rings (SSSR count). The summed E-state index contributed by atoms with van der Waals surface area (Å²) < 4.78 is 0. The summed E-state index contributed by atoms with van der Waals surface area (Å²) in [5.41, 5.74) is 7.62. The van der Waals surface area contributed by atoms with Crippen LogP contribution in [0, 0.1) is 5.41 Å². The topological polar surface area (TPSA) is 24.7 Å². The number of nitrogens with zero attached hydrogens (tertiary/aromatic N) is 2. The molecular formula is C24H38N2. The van der Waals surface area contributed by atoms with Gasteiger partial charge >= 0.3 is 0 Å². The SMILES string of the molecule is C=C(C(=NC)C(=NC)C(=C\CC)/C(C)=C/C=C(\C)C(C)(C)C)/C(C)=C/C. The van der Waals surface area contributed by atoms with E-state index in [2.05, 4.69) is 89.3 Å². The Hall–Kier alpha value is -1.96. The molecule has 0 bridgehead atoms. The Morgan fingerprint density at radius 2 is 1.46 bits per heavy atom. The Morgan fingerprint density at radius 1 is 0.923 bits per heavy atom. The van der Waals surface area contributed by atoms with Crippen molar-refractivity contribution in [1.82, 2.24) is 0 Å². The van der Waals surface area contributed by atoms with Gasteiger partial charge in [-0.05, 0) is 56.3 Å². The van der Waals surface area contributed by atoms with Crippen LogP contribution in [-0.4, -0.2) is 25.5 Å². The van der Waals surface area contributed by atoms with E-state index in [0.717, 1.165) is 34.6 Å². The molecule has 0 heterocycles. The monoisotopic (exact) mass is 354 g/mol. The van der Waals surface area contributed by atoms with Gasteiger partial charge in [-0.1, -0.05) is 64.2 Å². The van der Waals surface area contributed by atoms with Crippen molar-refractivity contribution in [3.63, 3.8) is 0 Å². The smallest absolute Gasteiger partial charge is 0.0900 e. The number of allylic oxidation sites excluding steroid dienone is 9. The normalized spacial score (nSPS) is 16.2. The van der Waals surface area contributed by atoms with Gasteiger partial charge in [0.1, 0.15) is 0 Å². The first-order valence-corrected chi connectivity index (χ1v) is 9.38. The number of hydrogen-bond acceptors (Lipinski definition) is 2. The molecule has 144 valence electrons. The van der Waals surface area contributed by atoms with Gasteiger partial charge in [0, 0.05) is 19.7 Å². The second-order valence-corrected chi connectivity index (χ2v) is 7.57. The third-order valence-corrected chi connectivity index (χ3v) is 4.72. The van der Waals surface area contributed by atoms with Crippen LogP contribution < -0.4 is 0 Å². The molecule has 0 unspecified atom stereocenters. The third kappa shape index (κ3) is 6.74. The Balaban J connectivity index is 6.15. The first-order valence-electron chi connectivity index (χ1n) is 9.38. The minimum Gasteiger partial charge on any atom is -0.286 e. The summed E-state index contributed by atoms with van der Waals surface area (Å²) >= 11 is 0. The molecule has 2 nitrogen and oxygen atoms in total. The number of rotatable bonds is 7. The summed E-state index contributed by atoms with van der Waals surface area (Å²) in [6.45, 7) is 21.5. The molecule has 0 aromatic carbocycles. The standard InChI is InChI=1S/C24H38N2/c1-12-14-21(18(4)15-16-19(5)24(7,8)9)23(26-11)22(25-10)20(6)17(3)13-2/h13-16H,6,12H2,1-5,7-11H3/b17-13+,18-15+,19-16+,21-14-,25-22?,26-23?. The van der Waals surface area contributed by atoms with Crippen LogP contribution in [0.3, 0.4) is 0 Å². The molecule has 0 amide bonds. The van der Waals surface area contributed by atoms with E-state index in [-0.39, 0.29) is 5.41 Å². The molecule has 0 aliphatic heterocycles. The van der Waals surface area contributed by atoms with Gasteiger partial charge in [0.25, 0.3) is 0 Å². The quantitative estimate of drug-likeness (QED) is 0.350. The molecule has 0 aromatic rings. The van der Waals surface area contributed by atoms with E-state index >= 15 is 0 Å². The predicted octanol–water partition coefficient (Wildman–Crippen LogP) is 6.93. The van der Waals surface area contributed by atoms with Gasteiger partial charge in [0.05, 0.1) is 11.4 Å². The van der Waals surface area contributed by atoms with Crippen molar-refractivity contribution in [3.8, 4) is 0 Å². The number of hydrogen-bond donors (Lipinski definition) is 0. The van der Waals surface area contributed by atoms with Gasteiger partial charge in [-0.3, -0.25) is 9.98 Å². The van der Waals surface area contributed by atoms with Crippen molar-refractivity contribution >= 4 is 11.4 Å². The van der Waals surface area contributed by atoms with E-state index in [1.165, 1.54) is 11.1 Å². The lowest BCUT2D eigenvalue weighted by atomic mass is 9.86. The average Bonchev–Trinajstić information content (AvgIpc) is 2.60. The highest BCUT2D eigenvalue weighted by Crippen LogP contribution is 2.25. The van der Waals surface area contributed by atoms with Crippen LogP contribution in [0.1, 0.15) is 61.8 Å². The van der Waals surface area contributed by atoms with Crippen molar-refractivity contribution in [2.24, 2.45) is 15.4 Å². The average molecular weight is 355 g/mol. The zero-order valence-corrected chi connectivity index (χ0v) is 18.6. The lowest BCUT2D eigenvalue weighted by Gasteiger charge is -2.19. The largest absolute Gasteiger partial charge is 0.286 e. The fourth-order valence-corrected chi connectivity index (χ4v) is 2.34. The van der Waals surface area contributed by atoms with Crippen LogP contribution in [0.2, 0.25) is 0 Å². The van der Waals surface area contributed by atoms with Gasteiger partial charge in [-0.2, -0.15) is 0 Å². The molecule has 0 N–H and O–H groups in total. The Kier molecular flexibility index (Phi) is 10.1. The maximum atomic E-state index is 4.58. The van der Waals surface area contributed by atoms with Gasteiger partial charge in [0.15, 0.2) is 0 Å². The van der Waals surface area contributed by atoms with Crippen molar-refractivity contribution in [2.75, 3.05) is 14.1 Å². The van der Waals surface area contributed by atoms with Crippen molar-refractivity contribution in [1.29, 1.82) is 0 Å². The minimum absolute atomic E-state index is 0.167. The van der Waals surface area contributed by atoms with Crippen LogP contribution in [0.4, 0.5) is 0 Å². The maximum absolute atomic E-state index is 4.58. The van der Waals surface area contributed by atoms with Crippen LogP contribution >= 0.6 is 0 Å². The Labute approximate surface area is 161 Å². The molecule has 0 fully saturated rings. The second-order valence-electron chi connectivity index (χ2n) is 7.57. The molecule has 0 saturated heterocycles. The van der Waals surface area contributed by atoms with Crippen molar-refractivity contribution < 1.29 is 0 Å². The summed E-state index contributed by atoms with van der Waals surface area (Å²) in [6, 6.07) is 0. The van der Waals surface area contributed by atoms with E-state index < -0.39 is 0 Å². The molecular weight excluding hydrogens is 316 g/mol.